The SMILES string of the molecule is Cc1ccc([N+](=O)[O-])c(Nc2cccc(CN)c2)n1. The van der Waals surface area contributed by atoms with Gasteiger partial charge in [0, 0.05) is 24.0 Å². The van der Waals surface area contributed by atoms with E-state index in [-0.39, 0.29) is 11.5 Å². The van der Waals surface area contributed by atoms with Gasteiger partial charge in [-0.15, -0.1) is 0 Å². The Hall–Kier alpha value is -2.47. The molecular weight excluding hydrogens is 244 g/mol. The van der Waals surface area contributed by atoms with Gasteiger partial charge in [0.2, 0.25) is 5.82 Å². The number of pyridine rings is 1. The molecule has 0 amide bonds. The molecule has 0 saturated heterocycles. The van der Waals surface area contributed by atoms with Crippen LogP contribution in [0.15, 0.2) is 36.4 Å². The first-order valence-corrected chi connectivity index (χ1v) is 5.78. The average Bonchev–Trinajstić information content (AvgIpc) is 2.38. The van der Waals surface area contributed by atoms with Crippen LogP contribution in [-0.2, 0) is 6.54 Å². The number of hydrogen-bond acceptors (Lipinski definition) is 5. The Morgan fingerprint density at radius 1 is 1.37 bits per heavy atom. The van der Waals surface area contributed by atoms with Crippen LogP contribution in [0.25, 0.3) is 0 Å². The summed E-state index contributed by atoms with van der Waals surface area (Å²) in [6, 6.07) is 10.4. The van der Waals surface area contributed by atoms with Crippen molar-refractivity contribution in [1.82, 2.24) is 4.98 Å². The maximum absolute atomic E-state index is 11.0. The van der Waals surface area contributed by atoms with Crippen LogP contribution < -0.4 is 11.1 Å². The third-order valence-electron chi connectivity index (χ3n) is 2.64. The van der Waals surface area contributed by atoms with Gasteiger partial charge in [-0.2, -0.15) is 0 Å². The molecule has 0 saturated carbocycles. The van der Waals surface area contributed by atoms with E-state index in [1.54, 1.807) is 13.0 Å². The van der Waals surface area contributed by atoms with E-state index in [2.05, 4.69) is 10.3 Å². The van der Waals surface area contributed by atoms with Crippen molar-refractivity contribution in [1.29, 1.82) is 0 Å². The van der Waals surface area contributed by atoms with Crippen LogP contribution in [-0.4, -0.2) is 9.91 Å². The predicted molar refractivity (Wildman–Crippen MR) is 73.2 cm³/mol. The molecule has 0 aliphatic carbocycles. The Bertz CT molecular complexity index is 613. The molecule has 0 aliphatic heterocycles. The molecule has 6 heteroatoms. The minimum Gasteiger partial charge on any atom is -0.334 e. The highest BCUT2D eigenvalue weighted by Crippen LogP contribution is 2.25. The molecule has 0 atom stereocenters. The Morgan fingerprint density at radius 2 is 2.16 bits per heavy atom. The summed E-state index contributed by atoms with van der Waals surface area (Å²) in [7, 11) is 0. The summed E-state index contributed by atoms with van der Waals surface area (Å²) in [6.07, 6.45) is 0. The van der Waals surface area contributed by atoms with Crippen LogP contribution in [0.2, 0.25) is 0 Å². The lowest BCUT2D eigenvalue weighted by atomic mass is 10.2. The van der Waals surface area contributed by atoms with Crippen LogP contribution in [0.3, 0.4) is 0 Å². The van der Waals surface area contributed by atoms with Crippen LogP contribution in [0.4, 0.5) is 17.2 Å². The maximum Gasteiger partial charge on any atom is 0.311 e. The summed E-state index contributed by atoms with van der Waals surface area (Å²) in [5.41, 5.74) is 7.89. The molecule has 98 valence electrons. The fourth-order valence-electron chi connectivity index (χ4n) is 1.70. The van der Waals surface area contributed by atoms with Gasteiger partial charge in [-0.05, 0) is 30.7 Å². The van der Waals surface area contributed by atoms with Gasteiger partial charge < -0.3 is 11.1 Å². The van der Waals surface area contributed by atoms with E-state index < -0.39 is 4.92 Å². The van der Waals surface area contributed by atoms with E-state index in [9.17, 15) is 10.1 Å². The third-order valence-corrected chi connectivity index (χ3v) is 2.64. The lowest BCUT2D eigenvalue weighted by Gasteiger charge is -2.08. The Kier molecular flexibility index (Phi) is 3.72. The van der Waals surface area contributed by atoms with Crippen molar-refractivity contribution in [2.45, 2.75) is 13.5 Å². The molecular formula is C13H14N4O2. The lowest BCUT2D eigenvalue weighted by molar-refractivity contribution is -0.384. The molecule has 1 aromatic heterocycles. The molecule has 0 unspecified atom stereocenters. The van der Waals surface area contributed by atoms with Crippen molar-refractivity contribution in [2.24, 2.45) is 5.73 Å². The van der Waals surface area contributed by atoms with Gasteiger partial charge >= 0.3 is 5.69 Å². The van der Waals surface area contributed by atoms with Gasteiger partial charge in [0.25, 0.3) is 0 Å². The van der Waals surface area contributed by atoms with Gasteiger partial charge in [-0.25, -0.2) is 4.98 Å². The van der Waals surface area contributed by atoms with E-state index in [0.29, 0.717) is 12.2 Å². The Labute approximate surface area is 110 Å². The van der Waals surface area contributed by atoms with Gasteiger partial charge in [0.05, 0.1) is 4.92 Å². The summed E-state index contributed by atoms with van der Waals surface area (Å²) in [4.78, 5) is 14.7. The van der Waals surface area contributed by atoms with Crippen molar-refractivity contribution in [3.05, 3.63) is 57.8 Å². The largest absolute Gasteiger partial charge is 0.334 e. The number of nitro groups is 1. The monoisotopic (exact) mass is 258 g/mol. The molecule has 2 aromatic rings. The molecule has 1 aromatic carbocycles. The first-order chi connectivity index (χ1) is 9.10. The lowest BCUT2D eigenvalue weighted by Crippen LogP contribution is -2.02. The highest BCUT2D eigenvalue weighted by molar-refractivity contribution is 5.65. The number of hydrogen-bond donors (Lipinski definition) is 2. The molecule has 0 bridgehead atoms. The van der Waals surface area contributed by atoms with Crippen LogP contribution in [0.1, 0.15) is 11.3 Å². The molecule has 19 heavy (non-hydrogen) atoms. The highest BCUT2D eigenvalue weighted by Gasteiger charge is 2.15. The highest BCUT2D eigenvalue weighted by atomic mass is 16.6. The molecule has 0 aliphatic rings. The second-order valence-corrected chi connectivity index (χ2v) is 4.11. The number of aromatic nitrogens is 1. The smallest absolute Gasteiger partial charge is 0.311 e. The molecule has 0 spiro atoms. The second-order valence-electron chi connectivity index (χ2n) is 4.11. The summed E-state index contributed by atoms with van der Waals surface area (Å²) >= 11 is 0. The van der Waals surface area contributed by atoms with Gasteiger partial charge in [-0.3, -0.25) is 10.1 Å². The third kappa shape index (κ3) is 3.05. The Morgan fingerprint density at radius 3 is 2.84 bits per heavy atom. The fourth-order valence-corrected chi connectivity index (χ4v) is 1.70. The van der Waals surface area contributed by atoms with Crippen molar-refractivity contribution in [3.63, 3.8) is 0 Å². The normalized spacial score (nSPS) is 10.2. The molecule has 2 rings (SSSR count). The van der Waals surface area contributed by atoms with Gasteiger partial charge in [0.1, 0.15) is 0 Å². The minimum absolute atomic E-state index is 0.0521. The van der Waals surface area contributed by atoms with Crippen molar-refractivity contribution >= 4 is 17.2 Å². The minimum atomic E-state index is -0.457. The molecule has 0 radical (unpaired) electrons. The first-order valence-electron chi connectivity index (χ1n) is 5.78. The second kappa shape index (κ2) is 5.45. The van der Waals surface area contributed by atoms with Gasteiger partial charge in [0.15, 0.2) is 0 Å². The predicted octanol–water partition coefficient (Wildman–Crippen LogP) is 2.50. The number of aryl methyl sites for hydroxylation is 1. The maximum atomic E-state index is 11.0. The number of nitrogens with zero attached hydrogens (tertiary/aromatic N) is 2. The molecule has 0 fully saturated rings. The number of anilines is 2. The van der Waals surface area contributed by atoms with E-state index >= 15 is 0 Å². The van der Waals surface area contributed by atoms with Crippen LogP contribution in [0.5, 0.6) is 0 Å². The zero-order chi connectivity index (χ0) is 13.8. The topological polar surface area (TPSA) is 94.1 Å². The number of rotatable bonds is 4. The average molecular weight is 258 g/mol. The van der Waals surface area contributed by atoms with Crippen molar-refractivity contribution in [2.75, 3.05) is 5.32 Å². The summed E-state index contributed by atoms with van der Waals surface area (Å²) in [5.74, 6) is 0.235. The van der Waals surface area contributed by atoms with Crippen molar-refractivity contribution in [3.8, 4) is 0 Å². The first kappa shape index (κ1) is 13.0. The van der Waals surface area contributed by atoms with E-state index in [4.69, 9.17) is 5.73 Å². The quantitative estimate of drug-likeness (QED) is 0.649. The standard InChI is InChI=1S/C13H14N4O2/c1-9-5-6-12(17(18)19)13(15-9)16-11-4-2-3-10(7-11)8-14/h2-7H,8,14H2,1H3,(H,15,16). The van der Waals surface area contributed by atoms with Crippen LogP contribution >= 0.6 is 0 Å². The summed E-state index contributed by atoms with van der Waals surface area (Å²) in [6.45, 7) is 2.20. The van der Waals surface area contributed by atoms with E-state index in [1.165, 1.54) is 6.07 Å². The van der Waals surface area contributed by atoms with Crippen LogP contribution in [0, 0.1) is 17.0 Å². The fraction of sp³-hybridized carbons (Fsp3) is 0.154. The number of nitrogens with two attached hydrogens (primary N) is 1. The Balaban J connectivity index is 2.36. The van der Waals surface area contributed by atoms with E-state index in [0.717, 1.165) is 11.3 Å². The van der Waals surface area contributed by atoms with E-state index in [1.807, 2.05) is 24.3 Å². The summed E-state index contributed by atoms with van der Waals surface area (Å²) in [5, 5.41) is 13.9. The van der Waals surface area contributed by atoms with Gasteiger partial charge in [-0.1, -0.05) is 12.1 Å². The number of nitrogens with one attached hydrogen (secondary N) is 1. The summed E-state index contributed by atoms with van der Waals surface area (Å²) < 4.78 is 0. The van der Waals surface area contributed by atoms with Crippen molar-refractivity contribution < 1.29 is 4.92 Å². The zero-order valence-corrected chi connectivity index (χ0v) is 10.5. The molecule has 3 N–H and O–H groups in total. The molecule has 6 nitrogen and oxygen atoms in total. The number of benzene rings is 1. The molecule has 1 heterocycles. The zero-order valence-electron chi connectivity index (χ0n) is 10.5.